The summed E-state index contributed by atoms with van der Waals surface area (Å²) >= 11 is 0. The number of rotatable bonds is 2. The number of carbonyl (C=O) groups is 2. The lowest BCUT2D eigenvalue weighted by Crippen LogP contribution is -2.09. The van der Waals surface area contributed by atoms with Gasteiger partial charge in [0, 0.05) is 30.4 Å². The van der Waals surface area contributed by atoms with Crippen molar-refractivity contribution in [2.75, 3.05) is 11.1 Å². The lowest BCUT2D eigenvalue weighted by Gasteiger charge is -2.11. The lowest BCUT2D eigenvalue weighted by atomic mass is 10.2. The van der Waals surface area contributed by atoms with E-state index in [0.717, 1.165) is 17.8 Å². The van der Waals surface area contributed by atoms with Gasteiger partial charge in [0.15, 0.2) is 12.4 Å². The molecule has 7 nitrogen and oxygen atoms in total. The predicted molar refractivity (Wildman–Crippen MR) is 74.6 cm³/mol. The van der Waals surface area contributed by atoms with Crippen molar-refractivity contribution in [2.24, 2.45) is 0 Å². The molecule has 5 N–H and O–H groups in total. The SMILES string of the molecule is CC(=O)Nc1ccc([O-])c(C(=O)O)c1.Nc1cc[nH+]cc1. The molecule has 0 fully saturated rings. The number of benzene rings is 1. The number of nitrogens with one attached hydrogen (secondary N) is 2. The maximum absolute atomic E-state index is 11.0. The normalized spacial score (nSPS) is 9.19. The maximum Gasteiger partial charge on any atom is 0.335 e. The van der Waals surface area contributed by atoms with Crippen molar-refractivity contribution < 1.29 is 24.8 Å². The molecule has 1 aromatic carbocycles. The van der Waals surface area contributed by atoms with Gasteiger partial charge in [0.05, 0.1) is 5.56 Å². The van der Waals surface area contributed by atoms with Crippen LogP contribution in [-0.2, 0) is 4.79 Å². The molecule has 0 aliphatic heterocycles. The summed E-state index contributed by atoms with van der Waals surface area (Å²) in [5.74, 6) is -2.20. The Labute approximate surface area is 121 Å². The number of hydrogen-bond donors (Lipinski definition) is 3. The Morgan fingerprint density at radius 1 is 1.24 bits per heavy atom. The van der Waals surface area contributed by atoms with Crippen LogP contribution in [0.5, 0.6) is 5.75 Å². The van der Waals surface area contributed by atoms with Crippen LogP contribution in [0.4, 0.5) is 11.4 Å². The van der Waals surface area contributed by atoms with E-state index >= 15 is 0 Å². The van der Waals surface area contributed by atoms with E-state index in [1.165, 1.54) is 13.0 Å². The lowest BCUT2D eigenvalue weighted by molar-refractivity contribution is -0.377. The largest absolute Gasteiger partial charge is 0.872 e. The first-order valence-electron chi connectivity index (χ1n) is 5.93. The highest BCUT2D eigenvalue weighted by molar-refractivity contribution is 5.94. The van der Waals surface area contributed by atoms with Crippen LogP contribution in [0.2, 0.25) is 0 Å². The van der Waals surface area contributed by atoms with Crippen molar-refractivity contribution in [1.82, 2.24) is 0 Å². The number of aromatic amines is 1. The van der Waals surface area contributed by atoms with Crippen molar-refractivity contribution in [3.8, 4) is 5.75 Å². The Kier molecular flexibility index (Phi) is 5.69. The molecule has 2 aromatic rings. The first kappa shape index (κ1) is 16.0. The number of aromatic carboxylic acids is 1. The number of amides is 1. The third-order valence-electron chi connectivity index (χ3n) is 2.27. The van der Waals surface area contributed by atoms with E-state index < -0.39 is 11.7 Å². The van der Waals surface area contributed by atoms with Crippen LogP contribution in [0.25, 0.3) is 0 Å². The molecule has 0 atom stereocenters. The number of pyridine rings is 1. The van der Waals surface area contributed by atoms with E-state index in [9.17, 15) is 14.7 Å². The van der Waals surface area contributed by atoms with Gasteiger partial charge in [0.1, 0.15) is 0 Å². The molecule has 0 aliphatic rings. The number of nitrogens with two attached hydrogens (primary N) is 1. The molecule has 7 heteroatoms. The minimum absolute atomic E-state index is 0.300. The molecule has 2 rings (SSSR count). The van der Waals surface area contributed by atoms with Gasteiger partial charge in [-0.25, -0.2) is 9.78 Å². The molecule has 0 spiro atoms. The van der Waals surface area contributed by atoms with Gasteiger partial charge < -0.3 is 21.3 Å². The Balaban J connectivity index is 0.000000262. The number of anilines is 2. The van der Waals surface area contributed by atoms with Crippen LogP contribution in [0.3, 0.4) is 0 Å². The Morgan fingerprint density at radius 2 is 1.86 bits per heavy atom. The van der Waals surface area contributed by atoms with Crippen molar-refractivity contribution >= 4 is 23.3 Å². The van der Waals surface area contributed by atoms with Gasteiger partial charge in [0.2, 0.25) is 5.91 Å². The van der Waals surface area contributed by atoms with Crippen molar-refractivity contribution in [1.29, 1.82) is 0 Å². The first-order valence-corrected chi connectivity index (χ1v) is 5.93. The number of hydrogen-bond acceptors (Lipinski definition) is 4. The molecule has 1 aromatic heterocycles. The van der Waals surface area contributed by atoms with Crippen LogP contribution >= 0.6 is 0 Å². The number of aromatic nitrogens is 1. The third-order valence-corrected chi connectivity index (χ3v) is 2.27. The van der Waals surface area contributed by atoms with Gasteiger partial charge in [-0.05, 0) is 12.1 Å². The fourth-order valence-electron chi connectivity index (χ4n) is 1.38. The Morgan fingerprint density at radius 3 is 2.29 bits per heavy atom. The zero-order valence-electron chi connectivity index (χ0n) is 11.3. The van der Waals surface area contributed by atoms with Crippen LogP contribution in [-0.4, -0.2) is 17.0 Å². The van der Waals surface area contributed by atoms with Crippen LogP contribution in [0.15, 0.2) is 42.7 Å². The van der Waals surface area contributed by atoms with E-state index in [1.807, 2.05) is 0 Å². The minimum atomic E-state index is -1.30. The number of nitrogen functional groups attached to an aromatic ring is 1. The fourth-order valence-corrected chi connectivity index (χ4v) is 1.38. The van der Waals surface area contributed by atoms with Gasteiger partial charge in [-0.3, -0.25) is 4.79 Å². The molecule has 0 saturated carbocycles. The smallest absolute Gasteiger partial charge is 0.335 e. The zero-order chi connectivity index (χ0) is 15.8. The molecule has 0 bridgehead atoms. The van der Waals surface area contributed by atoms with E-state index in [2.05, 4.69) is 10.3 Å². The van der Waals surface area contributed by atoms with E-state index in [1.54, 1.807) is 24.5 Å². The molecule has 1 heterocycles. The molecule has 0 aliphatic carbocycles. The van der Waals surface area contributed by atoms with Gasteiger partial charge >= 0.3 is 5.97 Å². The predicted octanol–water partition coefficient (Wildman–Crippen LogP) is 0.500. The Bertz CT molecular complexity index is 629. The van der Waals surface area contributed by atoms with Crippen molar-refractivity contribution in [2.45, 2.75) is 6.92 Å². The van der Waals surface area contributed by atoms with Crippen molar-refractivity contribution in [3.63, 3.8) is 0 Å². The number of H-pyrrole nitrogens is 1. The number of carboxylic acid groups (broad SMARTS) is 1. The molecule has 110 valence electrons. The van der Waals surface area contributed by atoms with E-state index in [0.29, 0.717) is 5.69 Å². The molecular weight excluding hydrogens is 274 g/mol. The standard InChI is InChI=1S/C9H9NO4.C5H6N2/c1-5(11)10-6-2-3-8(12)7(4-6)9(13)14;6-5-1-3-7-4-2-5/h2-4,12H,1H3,(H,10,11)(H,13,14);1-4H,(H2,6,7). The molecule has 0 unspecified atom stereocenters. The van der Waals surface area contributed by atoms with E-state index in [-0.39, 0.29) is 11.5 Å². The first-order chi connectivity index (χ1) is 9.90. The second-order valence-corrected chi connectivity index (χ2v) is 4.03. The highest BCUT2D eigenvalue weighted by Gasteiger charge is 2.05. The average Bonchev–Trinajstić information content (AvgIpc) is 2.42. The maximum atomic E-state index is 11.0. The quantitative estimate of drug-likeness (QED) is 0.741. The highest BCUT2D eigenvalue weighted by atomic mass is 16.4. The van der Waals surface area contributed by atoms with Gasteiger partial charge in [-0.15, -0.1) is 0 Å². The summed E-state index contributed by atoms with van der Waals surface area (Å²) in [6.45, 7) is 1.30. The summed E-state index contributed by atoms with van der Waals surface area (Å²) in [7, 11) is 0. The second-order valence-electron chi connectivity index (χ2n) is 4.03. The van der Waals surface area contributed by atoms with Gasteiger partial charge in [-0.2, -0.15) is 0 Å². The molecule has 0 radical (unpaired) electrons. The molecular formula is C14H15N3O4. The summed E-state index contributed by atoms with van der Waals surface area (Å²) in [5.41, 5.74) is 6.08. The van der Waals surface area contributed by atoms with Gasteiger partial charge in [-0.1, -0.05) is 11.8 Å². The van der Waals surface area contributed by atoms with Crippen LogP contribution < -0.4 is 21.1 Å². The Hall–Kier alpha value is -3.09. The third kappa shape index (κ3) is 5.60. The van der Waals surface area contributed by atoms with Crippen molar-refractivity contribution in [3.05, 3.63) is 48.3 Å². The highest BCUT2D eigenvalue weighted by Crippen LogP contribution is 2.18. The summed E-state index contributed by atoms with van der Waals surface area (Å²) in [6, 6.07) is 7.21. The van der Waals surface area contributed by atoms with Crippen LogP contribution in [0.1, 0.15) is 17.3 Å². The summed E-state index contributed by atoms with van der Waals surface area (Å²) < 4.78 is 0. The summed E-state index contributed by atoms with van der Waals surface area (Å²) in [5, 5.41) is 22.0. The van der Waals surface area contributed by atoms with Gasteiger partial charge in [0.25, 0.3) is 0 Å². The minimum Gasteiger partial charge on any atom is -0.872 e. The number of carbonyl (C=O) groups excluding carboxylic acids is 1. The zero-order valence-corrected chi connectivity index (χ0v) is 11.3. The summed E-state index contributed by atoms with van der Waals surface area (Å²) in [6.07, 6.45) is 3.57. The molecule has 0 saturated heterocycles. The fraction of sp³-hybridized carbons (Fsp3) is 0.0714. The average molecular weight is 289 g/mol. The second kappa shape index (κ2) is 7.49. The summed E-state index contributed by atoms with van der Waals surface area (Å²) in [4.78, 5) is 24.0. The van der Waals surface area contributed by atoms with E-state index in [4.69, 9.17) is 10.8 Å². The number of carboxylic acids is 1. The monoisotopic (exact) mass is 289 g/mol. The van der Waals surface area contributed by atoms with Crippen LogP contribution in [0, 0.1) is 0 Å². The topological polar surface area (TPSA) is 130 Å². The molecule has 21 heavy (non-hydrogen) atoms. The molecule has 1 amide bonds.